The van der Waals surface area contributed by atoms with Gasteiger partial charge < -0.3 is 5.11 Å². The molecule has 0 unspecified atom stereocenters. The molecule has 0 fully saturated rings. The van der Waals surface area contributed by atoms with Crippen LogP contribution in [0.15, 0.2) is 11.8 Å². The highest BCUT2D eigenvalue weighted by atomic mass is 16.6. The second kappa shape index (κ2) is 2.79. The van der Waals surface area contributed by atoms with Gasteiger partial charge in [0, 0.05) is 13.0 Å². The van der Waals surface area contributed by atoms with Crippen molar-refractivity contribution in [3.8, 4) is 0 Å². The standard InChI is InChI=1S/C6H11NO3/c1-5(7(9)10)4-6(2,3)8/h4,8H,1-3H3. The summed E-state index contributed by atoms with van der Waals surface area (Å²) in [5.74, 6) is 0. The predicted octanol–water partition coefficient (Wildman–Crippen LogP) is 0.938. The number of rotatable bonds is 2. The smallest absolute Gasteiger partial charge is 0.242 e. The third-order valence-electron chi connectivity index (χ3n) is 0.850. The number of hydrogen-bond acceptors (Lipinski definition) is 3. The third-order valence-corrected chi connectivity index (χ3v) is 0.850. The first-order valence-electron chi connectivity index (χ1n) is 2.89. The Morgan fingerprint density at radius 1 is 1.70 bits per heavy atom. The maximum Gasteiger partial charge on any atom is 0.242 e. The summed E-state index contributed by atoms with van der Waals surface area (Å²) >= 11 is 0. The van der Waals surface area contributed by atoms with Crippen molar-refractivity contribution < 1.29 is 10.0 Å². The highest BCUT2D eigenvalue weighted by molar-refractivity contribution is 4.98. The van der Waals surface area contributed by atoms with Crippen LogP contribution in [-0.4, -0.2) is 15.6 Å². The Hall–Kier alpha value is -0.900. The molecule has 0 aliphatic heterocycles. The van der Waals surface area contributed by atoms with E-state index in [1.54, 1.807) is 0 Å². The number of nitro groups is 1. The van der Waals surface area contributed by atoms with E-state index in [1.165, 1.54) is 26.8 Å². The van der Waals surface area contributed by atoms with E-state index in [9.17, 15) is 10.1 Å². The summed E-state index contributed by atoms with van der Waals surface area (Å²) in [6.07, 6.45) is 1.20. The van der Waals surface area contributed by atoms with Crippen molar-refractivity contribution in [3.05, 3.63) is 21.9 Å². The number of allylic oxidation sites excluding steroid dienone is 1. The molecule has 0 atom stereocenters. The topological polar surface area (TPSA) is 63.4 Å². The van der Waals surface area contributed by atoms with Gasteiger partial charge in [0.05, 0.1) is 10.5 Å². The van der Waals surface area contributed by atoms with E-state index in [2.05, 4.69) is 0 Å². The average molecular weight is 145 g/mol. The maximum absolute atomic E-state index is 10.0. The van der Waals surface area contributed by atoms with E-state index in [0.29, 0.717) is 0 Å². The summed E-state index contributed by atoms with van der Waals surface area (Å²) < 4.78 is 0. The summed E-state index contributed by atoms with van der Waals surface area (Å²) in [5.41, 5.74) is -1.13. The third kappa shape index (κ3) is 4.03. The van der Waals surface area contributed by atoms with Crippen molar-refractivity contribution in [2.24, 2.45) is 0 Å². The van der Waals surface area contributed by atoms with E-state index in [4.69, 9.17) is 5.11 Å². The summed E-state index contributed by atoms with van der Waals surface area (Å²) in [5, 5.41) is 19.1. The van der Waals surface area contributed by atoms with Gasteiger partial charge in [0.25, 0.3) is 0 Å². The molecule has 0 spiro atoms. The minimum Gasteiger partial charge on any atom is -0.386 e. The molecule has 1 N–H and O–H groups in total. The van der Waals surface area contributed by atoms with Gasteiger partial charge in [-0.2, -0.15) is 0 Å². The molecule has 0 heterocycles. The minimum atomic E-state index is -1.10. The number of hydrogen-bond donors (Lipinski definition) is 1. The van der Waals surface area contributed by atoms with Crippen LogP contribution in [0.5, 0.6) is 0 Å². The summed E-state index contributed by atoms with van der Waals surface area (Å²) in [6, 6.07) is 0. The molecule has 0 bridgehead atoms. The van der Waals surface area contributed by atoms with Gasteiger partial charge >= 0.3 is 0 Å². The van der Waals surface area contributed by atoms with Crippen LogP contribution in [0.3, 0.4) is 0 Å². The lowest BCUT2D eigenvalue weighted by Gasteiger charge is -2.08. The summed E-state index contributed by atoms with van der Waals surface area (Å²) in [4.78, 5) is 9.47. The zero-order valence-electron chi connectivity index (χ0n) is 6.29. The summed E-state index contributed by atoms with van der Waals surface area (Å²) in [6.45, 7) is 4.32. The molecule has 0 saturated heterocycles. The Balaban J connectivity index is 4.32. The van der Waals surface area contributed by atoms with Crippen LogP contribution in [0.25, 0.3) is 0 Å². The molecule has 0 aromatic carbocycles. The van der Waals surface area contributed by atoms with Gasteiger partial charge in [0.2, 0.25) is 5.70 Å². The molecule has 10 heavy (non-hydrogen) atoms. The van der Waals surface area contributed by atoms with Crippen LogP contribution in [0.1, 0.15) is 20.8 Å². The second-order valence-corrected chi connectivity index (χ2v) is 2.70. The average Bonchev–Trinajstić information content (AvgIpc) is 1.60. The van der Waals surface area contributed by atoms with Gasteiger partial charge in [-0.05, 0) is 13.8 Å². The number of aliphatic hydroxyl groups is 1. The van der Waals surface area contributed by atoms with Crippen molar-refractivity contribution in [2.75, 3.05) is 0 Å². The van der Waals surface area contributed by atoms with Crippen LogP contribution in [0.4, 0.5) is 0 Å². The Kier molecular flexibility index (Phi) is 2.54. The first kappa shape index (κ1) is 9.10. The molecule has 0 saturated carbocycles. The van der Waals surface area contributed by atoms with Crippen LogP contribution >= 0.6 is 0 Å². The Labute approximate surface area is 59.3 Å². The minimum absolute atomic E-state index is 0.0347. The predicted molar refractivity (Wildman–Crippen MR) is 37.0 cm³/mol. The van der Waals surface area contributed by atoms with Gasteiger partial charge in [-0.3, -0.25) is 10.1 Å². The molecule has 0 aliphatic rings. The maximum atomic E-state index is 10.0. The molecule has 0 radical (unpaired) electrons. The Morgan fingerprint density at radius 3 is 2.20 bits per heavy atom. The van der Waals surface area contributed by atoms with Crippen molar-refractivity contribution in [1.82, 2.24) is 0 Å². The second-order valence-electron chi connectivity index (χ2n) is 2.70. The monoisotopic (exact) mass is 145 g/mol. The van der Waals surface area contributed by atoms with Crippen molar-refractivity contribution in [2.45, 2.75) is 26.4 Å². The van der Waals surface area contributed by atoms with Crippen molar-refractivity contribution in [3.63, 3.8) is 0 Å². The van der Waals surface area contributed by atoms with E-state index >= 15 is 0 Å². The zero-order valence-corrected chi connectivity index (χ0v) is 6.29. The Bertz CT molecular complexity index is 166. The van der Waals surface area contributed by atoms with Crippen LogP contribution < -0.4 is 0 Å². The Morgan fingerprint density at radius 2 is 2.10 bits per heavy atom. The summed E-state index contributed by atoms with van der Waals surface area (Å²) in [7, 11) is 0. The lowest BCUT2D eigenvalue weighted by atomic mass is 10.1. The quantitative estimate of drug-likeness (QED) is 0.464. The van der Waals surface area contributed by atoms with Gasteiger partial charge in [0.15, 0.2) is 0 Å². The fourth-order valence-electron chi connectivity index (χ4n) is 0.564. The SMILES string of the molecule is CC(=CC(C)(C)O)[N+](=O)[O-]. The molecule has 0 amide bonds. The zero-order chi connectivity index (χ0) is 8.36. The van der Waals surface area contributed by atoms with Crippen molar-refractivity contribution in [1.29, 1.82) is 0 Å². The van der Waals surface area contributed by atoms with Gasteiger partial charge in [0.1, 0.15) is 0 Å². The molecular weight excluding hydrogens is 134 g/mol. The first-order chi connectivity index (χ1) is 4.33. The molecular formula is C6H11NO3. The van der Waals surface area contributed by atoms with Crippen LogP contribution in [-0.2, 0) is 0 Å². The molecule has 0 rings (SSSR count). The lowest BCUT2D eigenvalue weighted by Crippen LogP contribution is -2.16. The van der Waals surface area contributed by atoms with E-state index in [0.717, 1.165) is 0 Å². The van der Waals surface area contributed by atoms with Gasteiger partial charge in [-0.15, -0.1) is 0 Å². The lowest BCUT2D eigenvalue weighted by molar-refractivity contribution is -0.425. The first-order valence-corrected chi connectivity index (χ1v) is 2.89. The number of nitrogens with zero attached hydrogens (tertiary/aromatic N) is 1. The molecule has 0 aliphatic carbocycles. The molecule has 4 nitrogen and oxygen atoms in total. The van der Waals surface area contributed by atoms with E-state index in [1.807, 2.05) is 0 Å². The normalized spacial score (nSPS) is 13.4. The molecule has 0 aromatic heterocycles. The fourth-order valence-corrected chi connectivity index (χ4v) is 0.564. The largest absolute Gasteiger partial charge is 0.386 e. The van der Waals surface area contributed by atoms with Gasteiger partial charge in [-0.1, -0.05) is 0 Å². The highest BCUT2D eigenvalue weighted by Crippen LogP contribution is 2.06. The molecule has 0 aromatic rings. The highest BCUT2D eigenvalue weighted by Gasteiger charge is 2.13. The van der Waals surface area contributed by atoms with Crippen LogP contribution in [0.2, 0.25) is 0 Å². The van der Waals surface area contributed by atoms with Crippen molar-refractivity contribution >= 4 is 0 Å². The van der Waals surface area contributed by atoms with E-state index in [-0.39, 0.29) is 5.70 Å². The fraction of sp³-hybridized carbons (Fsp3) is 0.667. The van der Waals surface area contributed by atoms with Crippen LogP contribution in [0, 0.1) is 10.1 Å². The van der Waals surface area contributed by atoms with E-state index < -0.39 is 10.5 Å². The molecule has 58 valence electrons. The molecule has 4 heteroatoms. The van der Waals surface area contributed by atoms with Gasteiger partial charge in [-0.25, -0.2) is 0 Å².